The van der Waals surface area contributed by atoms with Crippen molar-refractivity contribution in [3.05, 3.63) is 0 Å². The summed E-state index contributed by atoms with van der Waals surface area (Å²) in [7, 11) is -3.28. The zero-order chi connectivity index (χ0) is 13.2. The summed E-state index contributed by atoms with van der Waals surface area (Å²) < 4.78 is 28.3. The Kier molecular flexibility index (Phi) is 4.64. The summed E-state index contributed by atoms with van der Waals surface area (Å²) in [6.07, 6.45) is 5.12. The van der Waals surface area contributed by atoms with Gasteiger partial charge in [0, 0.05) is 32.2 Å². The Bertz CT molecular complexity index is 364. The zero-order valence-electron chi connectivity index (χ0n) is 11.2. The Morgan fingerprint density at radius 1 is 1.00 bits per heavy atom. The first-order valence-electron chi connectivity index (χ1n) is 7.02. The molecule has 0 amide bonds. The van der Waals surface area contributed by atoms with Gasteiger partial charge in [0.25, 0.3) is 10.2 Å². The minimum absolute atomic E-state index is 0.0273. The van der Waals surface area contributed by atoms with Gasteiger partial charge in [-0.25, -0.2) is 0 Å². The fourth-order valence-corrected chi connectivity index (χ4v) is 4.46. The second-order valence-corrected chi connectivity index (χ2v) is 7.54. The molecule has 2 rings (SSSR count). The minimum Gasteiger partial charge on any atom is -0.326 e. The lowest BCUT2D eigenvalue weighted by Gasteiger charge is -2.36. The van der Waals surface area contributed by atoms with Gasteiger partial charge >= 0.3 is 0 Å². The number of nitrogens with zero attached hydrogens (tertiary/aromatic N) is 2. The summed E-state index contributed by atoms with van der Waals surface area (Å²) in [5, 5.41) is 0. The van der Waals surface area contributed by atoms with Crippen LogP contribution in [0.25, 0.3) is 0 Å². The number of rotatable bonds is 2. The third kappa shape index (κ3) is 3.04. The minimum atomic E-state index is -3.28. The van der Waals surface area contributed by atoms with Crippen LogP contribution in [0.1, 0.15) is 39.0 Å². The van der Waals surface area contributed by atoms with Gasteiger partial charge in [-0.15, -0.1) is 0 Å². The molecule has 2 heterocycles. The number of piperidine rings is 1. The van der Waals surface area contributed by atoms with E-state index in [1.165, 1.54) is 0 Å². The summed E-state index contributed by atoms with van der Waals surface area (Å²) >= 11 is 0. The normalized spacial score (nSPS) is 33.2. The van der Waals surface area contributed by atoms with Crippen LogP contribution in [-0.4, -0.2) is 49.2 Å². The van der Waals surface area contributed by atoms with Crippen molar-refractivity contribution >= 4 is 10.2 Å². The summed E-state index contributed by atoms with van der Waals surface area (Å²) in [6.45, 7) is 4.53. The molecule has 2 aliphatic heterocycles. The lowest BCUT2D eigenvalue weighted by Crippen LogP contribution is -2.53. The van der Waals surface area contributed by atoms with Crippen molar-refractivity contribution in [3.63, 3.8) is 0 Å². The van der Waals surface area contributed by atoms with Gasteiger partial charge in [-0.3, -0.25) is 0 Å². The predicted octanol–water partition coefficient (Wildman–Crippen LogP) is 0.776. The Morgan fingerprint density at radius 2 is 1.61 bits per heavy atom. The van der Waals surface area contributed by atoms with Crippen LogP contribution in [0.5, 0.6) is 0 Å². The molecule has 18 heavy (non-hydrogen) atoms. The summed E-state index contributed by atoms with van der Waals surface area (Å²) in [6, 6.07) is -0.0273. The average molecular weight is 275 g/mol. The lowest BCUT2D eigenvalue weighted by molar-refractivity contribution is 0.236. The molecule has 2 atom stereocenters. The number of hydrogen-bond donors (Lipinski definition) is 1. The maximum absolute atomic E-state index is 12.5. The fourth-order valence-electron chi connectivity index (χ4n) is 2.71. The van der Waals surface area contributed by atoms with E-state index in [0.717, 1.165) is 32.1 Å². The standard InChI is InChI=1S/C12H25N3O2S/c1-11-6-9-15(10-12(11)13)18(16,17)14-7-4-2-3-5-8-14/h11-12H,2-10,13H2,1H3. The van der Waals surface area contributed by atoms with Crippen molar-refractivity contribution in [3.8, 4) is 0 Å². The van der Waals surface area contributed by atoms with Crippen molar-refractivity contribution in [2.45, 2.75) is 45.1 Å². The van der Waals surface area contributed by atoms with Crippen LogP contribution in [0.4, 0.5) is 0 Å². The second-order valence-electron chi connectivity index (χ2n) is 5.61. The third-order valence-corrected chi connectivity index (χ3v) is 6.20. The van der Waals surface area contributed by atoms with Gasteiger partial charge in [-0.1, -0.05) is 19.8 Å². The molecular weight excluding hydrogens is 250 g/mol. The second kappa shape index (κ2) is 5.86. The van der Waals surface area contributed by atoms with E-state index in [1.807, 2.05) is 0 Å². The molecule has 0 saturated carbocycles. The van der Waals surface area contributed by atoms with E-state index < -0.39 is 10.2 Å². The molecule has 2 N–H and O–H groups in total. The molecule has 0 bridgehead atoms. The van der Waals surface area contributed by atoms with Crippen LogP contribution in [-0.2, 0) is 10.2 Å². The van der Waals surface area contributed by atoms with E-state index in [-0.39, 0.29) is 6.04 Å². The van der Waals surface area contributed by atoms with Gasteiger partial charge < -0.3 is 5.73 Å². The molecular formula is C12H25N3O2S. The van der Waals surface area contributed by atoms with E-state index in [0.29, 0.717) is 32.1 Å². The Hall–Kier alpha value is -0.170. The van der Waals surface area contributed by atoms with Crippen molar-refractivity contribution in [1.82, 2.24) is 8.61 Å². The van der Waals surface area contributed by atoms with Crippen molar-refractivity contribution in [1.29, 1.82) is 0 Å². The van der Waals surface area contributed by atoms with Gasteiger partial charge in [0.2, 0.25) is 0 Å². The topological polar surface area (TPSA) is 66.6 Å². The molecule has 0 aromatic heterocycles. The number of nitrogens with two attached hydrogens (primary N) is 1. The van der Waals surface area contributed by atoms with Crippen molar-refractivity contribution < 1.29 is 8.42 Å². The first-order chi connectivity index (χ1) is 8.51. The van der Waals surface area contributed by atoms with Crippen LogP contribution in [0.15, 0.2) is 0 Å². The third-order valence-electron chi connectivity index (χ3n) is 4.20. The predicted molar refractivity (Wildman–Crippen MR) is 72.3 cm³/mol. The van der Waals surface area contributed by atoms with E-state index in [9.17, 15) is 8.42 Å². The molecule has 2 saturated heterocycles. The summed E-state index contributed by atoms with van der Waals surface area (Å²) in [5.41, 5.74) is 6.00. The molecule has 0 radical (unpaired) electrons. The van der Waals surface area contributed by atoms with E-state index >= 15 is 0 Å². The summed E-state index contributed by atoms with van der Waals surface area (Å²) in [4.78, 5) is 0. The molecule has 2 aliphatic rings. The van der Waals surface area contributed by atoms with Crippen LogP contribution in [0, 0.1) is 5.92 Å². The highest BCUT2D eigenvalue weighted by Gasteiger charge is 2.34. The Balaban J connectivity index is 2.05. The van der Waals surface area contributed by atoms with Crippen molar-refractivity contribution in [2.75, 3.05) is 26.2 Å². The van der Waals surface area contributed by atoms with Gasteiger partial charge in [0.1, 0.15) is 0 Å². The molecule has 5 nitrogen and oxygen atoms in total. The molecule has 0 aromatic rings. The average Bonchev–Trinajstić information content (AvgIpc) is 2.61. The smallest absolute Gasteiger partial charge is 0.282 e. The van der Waals surface area contributed by atoms with Crippen molar-refractivity contribution in [2.24, 2.45) is 11.7 Å². The van der Waals surface area contributed by atoms with Gasteiger partial charge in [0.05, 0.1) is 0 Å². The maximum atomic E-state index is 12.5. The van der Waals surface area contributed by atoms with Gasteiger partial charge in [-0.2, -0.15) is 17.0 Å². The first kappa shape index (κ1) is 14.2. The molecule has 6 heteroatoms. The van der Waals surface area contributed by atoms with Crippen LogP contribution < -0.4 is 5.73 Å². The Morgan fingerprint density at radius 3 is 2.17 bits per heavy atom. The lowest BCUT2D eigenvalue weighted by atomic mass is 9.96. The van der Waals surface area contributed by atoms with Crippen LogP contribution >= 0.6 is 0 Å². The first-order valence-corrected chi connectivity index (χ1v) is 8.42. The summed E-state index contributed by atoms with van der Waals surface area (Å²) in [5.74, 6) is 0.417. The highest BCUT2D eigenvalue weighted by Crippen LogP contribution is 2.22. The Labute approximate surface area is 110 Å². The molecule has 0 aromatic carbocycles. The van der Waals surface area contributed by atoms with Gasteiger partial charge in [0.15, 0.2) is 0 Å². The van der Waals surface area contributed by atoms with E-state index in [1.54, 1.807) is 8.61 Å². The molecule has 0 spiro atoms. The zero-order valence-corrected chi connectivity index (χ0v) is 12.0. The van der Waals surface area contributed by atoms with E-state index in [2.05, 4.69) is 6.92 Å². The largest absolute Gasteiger partial charge is 0.326 e. The molecule has 0 aliphatic carbocycles. The SMILES string of the molecule is CC1CCN(S(=O)(=O)N2CCCCCC2)CC1N. The highest BCUT2D eigenvalue weighted by molar-refractivity contribution is 7.86. The van der Waals surface area contributed by atoms with Crippen LogP contribution in [0.3, 0.4) is 0 Å². The maximum Gasteiger partial charge on any atom is 0.282 e. The van der Waals surface area contributed by atoms with Crippen LogP contribution in [0.2, 0.25) is 0 Å². The molecule has 2 unspecified atom stereocenters. The molecule has 2 fully saturated rings. The van der Waals surface area contributed by atoms with E-state index in [4.69, 9.17) is 5.73 Å². The van der Waals surface area contributed by atoms with Gasteiger partial charge in [-0.05, 0) is 25.2 Å². The monoisotopic (exact) mass is 275 g/mol. The number of hydrogen-bond acceptors (Lipinski definition) is 3. The quantitative estimate of drug-likeness (QED) is 0.809. The fraction of sp³-hybridized carbons (Fsp3) is 1.00. The molecule has 106 valence electrons. The highest BCUT2D eigenvalue weighted by atomic mass is 32.2.